The predicted molar refractivity (Wildman–Crippen MR) is 77.2 cm³/mol. The van der Waals surface area contributed by atoms with Gasteiger partial charge in [0.15, 0.2) is 0 Å². The molecule has 5 nitrogen and oxygen atoms in total. The first kappa shape index (κ1) is 16.1. The number of hydrogen-bond donors (Lipinski definition) is 1. The van der Waals surface area contributed by atoms with Crippen LogP contribution in [0.1, 0.15) is 25.8 Å². The van der Waals surface area contributed by atoms with Gasteiger partial charge in [-0.2, -0.15) is 4.31 Å². The highest BCUT2D eigenvalue weighted by molar-refractivity contribution is 7.89. The molecule has 1 aromatic heterocycles. The predicted octanol–water partition coefficient (Wildman–Crippen LogP) is 1.01. The van der Waals surface area contributed by atoms with Crippen molar-refractivity contribution in [2.45, 2.75) is 32.7 Å². The molecule has 0 saturated carbocycles. The van der Waals surface area contributed by atoms with Gasteiger partial charge in [0.1, 0.15) is 0 Å². The largest absolute Gasteiger partial charge is 0.330 e. The molecule has 1 heterocycles. The van der Waals surface area contributed by atoms with E-state index in [2.05, 4.69) is 4.98 Å². The van der Waals surface area contributed by atoms with E-state index >= 15 is 0 Å². The first-order valence-electron chi connectivity index (χ1n) is 6.56. The number of pyridine rings is 1. The fraction of sp³-hybridized carbons (Fsp3) is 0.615. The van der Waals surface area contributed by atoms with Crippen LogP contribution in [0.2, 0.25) is 0 Å². The number of rotatable bonds is 8. The minimum atomic E-state index is -3.23. The van der Waals surface area contributed by atoms with Gasteiger partial charge < -0.3 is 5.73 Å². The van der Waals surface area contributed by atoms with Crippen molar-refractivity contribution in [3.05, 3.63) is 30.1 Å². The summed E-state index contributed by atoms with van der Waals surface area (Å²) >= 11 is 0. The third kappa shape index (κ3) is 5.26. The molecule has 0 fully saturated rings. The van der Waals surface area contributed by atoms with Crippen molar-refractivity contribution in [1.82, 2.24) is 9.29 Å². The highest BCUT2D eigenvalue weighted by Crippen LogP contribution is 2.10. The van der Waals surface area contributed by atoms with Gasteiger partial charge in [-0.3, -0.25) is 4.98 Å². The second-order valence-electron chi connectivity index (χ2n) is 4.77. The second kappa shape index (κ2) is 7.57. The molecular formula is C13H23N3O2S. The lowest BCUT2D eigenvalue weighted by Crippen LogP contribution is -2.40. The van der Waals surface area contributed by atoms with Crippen molar-refractivity contribution in [1.29, 1.82) is 0 Å². The van der Waals surface area contributed by atoms with E-state index in [0.717, 1.165) is 5.56 Å². The summed E-state index contributed by atoms with van der Waals surface area (Å²) < 4.78 is 26.2. The molecule has 0 bridgehead atoms. The molecule has 0 unspecified atom stereocenters. The Morgan fingerprint density at radius 3 is 2.47 bits per heavy atom. The maximum atomic E-state index is 12.3. The number of nitrogens with two attached hydrogens (primary N) is 1. The summed E-state index contributed by atoms with van der Waals surface area (Å²) in [6.07, 6.45) is 4.55. The molecule has 0 atom stereocenters. The summed E-state index contributed by atoms with van der Waals surface area (Å²) in [5.74, 6) is 0.125. The fourth-order valence-electron chi connectivity index (χ4n) is 1.88. The Labute approximate surface area is 115 Å². The number of aromatic nitrogens is 1. The monoisotopic (exact) mass is 285 g/mol. The average molecular weight is 285 g/mol. The van der Waals surface area contributed by atoms with E-state index < -0.39 is 10.0 Å². The quantitative estimate of drug-likeness (QED) is 0.773. The minimum absolute atomic E-state index is 0.0333. The smallest absolute Gasteiger partial charge is 0.214 e. The van der Waals surface area contributed by atoms with Crippen LogP contribution >= 0.6 is 0 Å². The zero-order valence-electron chi connectivity index (χ0n) is 11.6. The van der Waals surface area contributed by atoms with Gasteiger partial charge in [0, 0.05) is 25.0 Å². The van der Waals surface area contributed by atoms with Crippen LogP contribution in [0, 0.1) is 0 Å². The summed E-state index contributed by atoms with van der Waals surface area (Å²) in [7, 11) is -3.23. The van der Waals surface area contributed by atoms with E-state index in [-0.39, 0.29) is 11.8 Å². The zero-order valence-corrected chi connectivity index (χ0v) is 12.4. The third-order valence-corrected chi connectivity index (χ3v) is 4.95. The lowest BCUT2D eigenvalue weighted by Gasteiger charge is -2.25. The Hall–Kier alpha value is -0.980. The maximum Gasteiger partial charge on any atom is 0.214 e. The van der Waals surface area contributed by atoms with E-state index in [1.54, 1.807) is 16.7 Å². The Bertz CT molecular complexity index is 460. The van der Waals surface area contributed by atoms with E-state index in [0.29, 0.717) is 25.9 Å². The van der Waals surface area contributed by atoms with Gasteiger partial charge in [-0.05, 0) is 50.9 Å². The van der Waals surface area contributed by atoms with Crippen LogP contribution in [0.3, 0.4) is 0 Å². The van der Waals surface area contributed by atoms with Gasteiger partial charge in [0.2, 0.25) is 10.0 Å². The highest BCUT2D eigenvalue weighted by Gasteiger charge is 2.23. The number of hydrogen-bond acceptors (Lipinski definition) is 4. The lowest BCUT2D eigenvalue weighted by molar-refractivity contribution is 0.351. The van der Waals surface area contributed by atoms with Crippen molar-refractivity contribution < 1.29 is 8.42 Å². The summed E-state index contributed by atoms with van der Waals surface area (Å²) in [6.45, 7) is 4.77. The van der Waals surface area contributed by atoms with Gasteiger partial charge >= 0.3 is 0 Å². The van der Waals surface area contributed by atoms with Gasteiger partial charge in [0.25, 0.3) is 0 Å². The molecule has 1 aromatic rings. The van der Waals surface area contributed by atoms with Crippen molar-refractivity contribution in [2.75, 3.05) is 18.8 Å². The van der Waals surface area contributed by atoms with Crippen LogP contribution in [-0.4, -0.2) is 42.6 Å². The lowest BCUT2D eigenvalue weighted by atomic mass is 10.2. The SMILES string of the molecule is CC(C)N(CCCN)S(=O)(=O)CCc1ccncc1. The van der Waals surface area contributed by atoms with Gasteiger partial charge in [-0.1, -0.05) is 0 Å². The molecule has 6 heteroatoms. The first-order valence-corrected chi connectivity index (χ1v) is 8.17. The Morgan fingerprint density at radius 1 is 1.32 bits per heavy atom. The Balaban J connectivity index is 2.67. The molecule has 108 valence electrons. The van der Waals surface area contributed by atoms with Crippen molar-refractivity contribution in [2.24, 2.45) is 5.73 Å². The molecule has 19 heavy (non-hydrogen) atoms. The standard InChI is InChI=1S/C13H23N3O2S/c1-12(2)16(10-3-7-14)19(17,18)11-6-13-4-8-15-9-5-13/h4-5,8-9,12H,3,6-7,10-11,14H2,1-2H3. The van der Waals surface area contributed by atoms with Crippen LogP contribution in [0.15, 0.2) is 24.5 Å². The first-order chi connectivity index (χ1) is 8.97. The molecule has 0 amide bonds. The highest BCUT2D eigenvalue weighted by atomic mass is 32.2. The van der Waals surface area contributed by atoms with Crippen LogP contribution in [0.25, 0.3) is 0 Å². The number of nitrogens with zero attached hydrogens (tertiary/aromatic N) is 2. The normalized spacial score (nSPS) is 12.3. The van der Waals surface area contributed by atoms with Crippen LogP contribution in [0.4, 0.5) is 0 Å². The van der Waals surface area contributed by atoms with Gasteiger partial charge in [-0.25, -0.2) is 8.42 Å². The van der Waals surface area contributed by atoms with Crippen LogP contribution in [-0.2, 0) is 16.4 Å². The Kier molecular flexibility index (Phi) is 6.41. The zero-order chi connectivity index (χ0) is 14.3. The van der Waals surface area contributed by atoms with E-state index in [1.165, 1.54) is 0 Å². The van der Waals surface area contributed by atoms with E-state index in [4.69, 9.17) is 5.73 Å². The molecule has 1 rings (SSSR count). The second-order valence-corrected chi connectivity index (χ2v) is 6.81. The minimum Gasteiger partial charge on any atom is -0.330 e. The molecule has 0 spiro atoms. The topological polar surface area (TPSA) is 76.3 Å². The summed E-state index contributed by atoms with van der Waals surface area (Å²) in [4.78, 5) is 3.92. The molecule has 0 aromatic carbocycles. The van der Waals surface area contributed by atoms with Crippen LogP contribution < -0.4 is 5.73 Å². The van der Waals surface area contributed by atoms with Crippen molar-refractivity contribution in [3.8, 4) is 0 Å². The van der Waals surface area contributed by atoms with Gasteiger partial charge in [-0.15, -0.1) is 0 Å². The molecule has 0 aliphatic rings. The average Bonchev–Trinajstić information content (AvgIpc) is 2.37. The van der Waals surface area contributed by atoms with Crippen molar-refractivity contribution in [3.63, 3.8) is 0 Å². The van der Waals surface area contributed by atoms with Gasteiger partial charge in [0.05, 0.1) is 5.75 Å². The molecule has 0 saturated heterocycles. The molecule has 0 aliphatic carbocycles. The molecular weight excluding hydrogens is 262 g/mol. The third-order valence-electron chi connectivity index (χ3n) is 2.91. The maximum absolute atomic E-state index is 12.3. The molecule has 0 radical (unpaired) electrons. The summed E-state index contributed by atoms with van der Waals surface area (Å²) in [6, 6.07) is 3.65. The summed E-state index contributed by atoms with van der Waals surface area (Å²) in [5, 5.41) is 0. The molecule has 2 N–H and O–H groups in total. The summed E-state index contributed by atoms with van der Waals surface area (Å²) in [5.41, 5.74) is 6.44. The van der Waals surface area contributed by atoms with Crippen molar-refractivity contribution >= 4 is 10.0 Å². The van der Waals surface area contributed by atoms with Crippen LogP contribution in [0.5, 0.6) is 0 Å². The fourth-order valence-corrected chi connectivity index (χ4v) is 3.66. The number of aryl methyl sites for hydroxylation is 1. The Morgan fingerprint density at radius 2 is 1.95 bits per heavy atom. The number of sulfonamides is 1. The van der Waals surface area contributed by atoms with E-state index in [1.807, 2.05) is 26.0 Å². The van der Waals surface area contributed by atoms with E-state index in [9.17, 15) is 8.42 Å². The molecule has 0 aliphatic heterocycles.